The number of hydrogen-bond donors (Lipinski definition) is 2. The fourth-order valence-electron chi connectivity index (χ4n) is 1.66. The summed E-state index contributed by atoms with van der Waals surface area (Å²) in [6.07, 6.45) is 1.57. The van der Waals surface area contributed by atoms with E-state index in [1.807, 2.05) is 14.0 Å². The summed E-state index contributed by atoms with van der Waals surface area (Å²) < 4.78 is 0. The quantitative estimate of drug-likeness (QED) is 0.873. The Morgan fingerprint density at radius 2 is 2.06 bits per heavy atom. The summed E-state index contributed by atoms with van der Waals surface area (Å²) in [7, 11) is 1.86. The molecule has 4 nitrogen and oxygen atoms in total. The van der Waals surface area contributed by atoms with E-state index in [1.165, 1.54) is 5.56 Å². The smallest absolute Gasteiger partial charge is 0.134 e. The fourth-order valence-corrected chi connectivity index (χ4v) is 2.41. The number of nitrogens with one attached hydrogen (secondary N) is 2. The molecule has 0 spiro atoms. The van der Waals surface area contributed by atoms with Crippen LogP contribution in [0.1, 0.15) is 24.1 Å². The van der Waals surface area contributed by atoms with Gasteiger partial charge in [0.2, 0.25) is 0 Å². The first kappa shape index (κ1) is 11.9. The molecule has 0 aliphatic heterocycles. The molecule has 0 aromatic carbocycles. The molecule has 0 radical (unpaired) electrons. The standard InChI is InChI=1S/C12H16N4S/c1-8-11(13-3)14-7-15-12(8)16-9(2)10-4-5-17-6-10/h4-7,9H,1-3H3,(H2,13,14,15,16). The van der Waals surface area contributed by atoms with Gasteiger partial charge in [0.25, 0.3) is 0 Å². The lowest BCUT2D eigenvalue weighted by Crippen LogP contribution is -2.10. The molecule has 0 saturated heterocycles. The fraction of sp³-hybridized carbons (Fsp3) is 0.333. The molecule has 90 valence electrons. The number of thiophene rings is 1. The molecule has 0 aliphatic rings. The first-order valence-electron chi connectivity index (χ1n) is 5.50. The van der Waals surface area contributed by atoms with Crippen LogP contribution in [-0.4, -0.2) is 17.0 Å². The predicted octanol–water partition coefficient (Wildman–Crippen LogP) is 3.06. The molecule has 2 rings (SSSR count). The summed E-state index contributed by atoms with van der Waals surface area (Å²) in [6, 6.07) is 2.37. The van der Waals surface area contributed by atoms with Gasteiger partial charge in [0.1, 0.15) is 18.0 Å². The van der Waals surface area contributed by atoms with E-state index in [2.05, 4.69) is 44.4 Å². The third-order valence-corrected chi connectivity index (χ3v) is 3.42. The van der Waals surface area contributed by atoms with Crippen molar-refractivity contribution in [3.8, 4) is 0 Å². The molecule has 2 N–H and O–H groups in total. The van der Waals surface area contributed by atoms with Gasteiger partial charge in [-0.25, -0.2) is 9.97 Å². The highest BCUT2D eigenvalue weighted by Gasteiger charge is 2.10. The zero-order valence-corrected chi connectivity index (χ0v) is 11.0. The third-order valence-electron chi connectivity index (χ3n) is 2.72. The molecule has 0 bridgehead atoms. The second-order valence-corrected chi connectivity index (χ2v) is 4.65. The van der Waals surface area contributed by atoms with Gasteiger partial charge in [-0.3, -0.25) is 0 Å². The zero-order chi connectivity index (χ0) is 12.3. The SMILES string of the molecule is CNc1ncnc(NC(C)c2ccsc2)c1C. The second kappa shape index (κ2) is 5.14. The van der Waals surface area contributed by atoms with E-state index in [4.69, 9.17) is 0 Å². The van der Waals surface area contributed by atoms with Crippen molar-refractivity contribution in [3.63, 3.8) is 0 Å². The third kappa shape index (κ3) is 2.55. The topological polar surface area (TPSA) is 49.8 Å². The summed E-state index contributed by atoms with van der Waals surface area (Å²) in [5, 5.41) is 10.7. The van der Waals surface area contributed by atoms with Crippen LogP contribution in [0.25, 0.3) is 0 Å². The molecule has 1 unspecified atom stereocenters. The van der Waals surface area contributed by atoms with Crippen molar-refractivity contribution < 1.29 is 0 Å². The van der Waals surface area contributed by atoms with Gasteiger partial charge in [0.15, 0.2) is 0 Å². The van der Waals surface area contributed by atoms with Crippen molar-refractivity contribution in [1.82, 2.24) is 9.97 Å². The van der Waals surface area contributed by atoms with Gasteiger partial charge in [0.05, 0.1) is 6.04 Å². The number of anilines is 2. The van der Waals surface area contributed by atoms with Crippen molar-refractivity contribution in [1.29, 1.82) is 0 Å². The van der Waals surface area contributed by atoms with Crippen molar-refractivity contribution in [2.24, 2.45) is 0 Å². The number of hydrogen-bond acceptors (Lipinski definition) is 5. The van der Waals surface area contributed by atoms with Gasteiger partial charge < -0.3 is 10.6 Å². The lowest BCUT2D eigenvalue weighted by atomic mass is 10.2. The normalized spacial score (nSPS) is 12.2. The van der Waals surface area contributed by atoms with Crippen LogP contribution in [0.15, 0.2) is 23.2 Å². The Hall–Kier alpha value is -1.62. The zero-order valence-electron chi connectivity index (χ0n) is 10.2. The van der Waals surface area contributed by atoms with Crippen LogP contribution in [-0.2, 0) is 0 Å². The number of aromatic nitrogens is 2. The van der Waals surface area contributed by atoms with E-state index in [-0.39, 0.29) is 6.04 Å². The molecular weight excluding hydrogens is 232 g/mol. The molecule has 5 heteroatoms. The average molecular weight is 248 g/mol. The summed E-state index contributed by atoms with van der Waals surface area (Å²) in [4.78, 5) is 8.45. The van der Waals surface area contributed by atoms with Crippen LogP contribution < -0.4 is 10.6 Å². The Morgan fingerprint density at radius 1 is 1.29 bits per heavy atom. The molecule has 1 atom stereocenters. The van der Waals surface area contributed by atoms with Crippen LogP contribution in [0.4, 0.5) is 11.6 Å². The number of rotatable bonds is 4. The summed E-state index contributed by atoms with van der Waals surface area (Å²) >= 11 is 1.71. The molecule has 2 aromatic rings. The van der Waals surface area contributed by atoms with Gasteiger partial charge >= 0.3 is 0 Å². The number of nitrogens with zero attached hydrogens (tertiary/aromatic N) is 2. The van der Waals surface area contributed by atoms with Crippen molar-refractivity contribution in [3.05, 3.63) is 34.3 Å². The summed E-state index contributed by atoms with van der Waals surface area (Å²) in [5.41, 5.74) is 2.32. The van der Waals surface area contributed by atoms with Gasteiger partial charge in [-0.2, -0.15) is 11.3 Å². The van der Waals surface area contributed by atoms with E-state index in [0.29, 0.717) is 0 Å². The van der Waals surface area contributed by atoms with Crippen LogP contribution >= 0.6 is 11.3 Å². The molecule has 0 aliphatic carbocycles. The highest BCUT2D eigenvalue weighted by atomic mass is 32.1. The Bertz CT molecular complexity index is 481. The van der Waals surface area contributed by atoms with Gasteiger partial charge in [-0.1, -0.05) is 0 Å². The molecule has 17 heavy (non-hydrogen) atoms. The lowest BCUT2D eigenvalue weighted by molar-refractivity contribution is 0.873. The second-order valence-electron chi connectivity index (χ2n) is 3.87. The van der Waals surface area contributed by atoms with Gasteiger partial charge in [0, 0.05) is 12.6 Å². The summed E-state index contributed by atoms with van der Waals surface area (Å²) in [5.74, 6) is 1.74. The Balaban J connectivity index is 2.19. The van der Waals surface area contributed by atoms with Crippen LogP contribution in [0.2, 0.25) is 0 Å². The molecule has 0 amide bonds. The molecule has 2 heterocycles. The maximum atomic E-state index is 4.28. The lowest BCUT2D eigenvalue weighted by Gasteiger charge is -2.16. The molecule has 0 fully saturated rings. The first-order valence-corrected chi connectivity index (χ1v) is 6.44. The van der Waals surface area contributed by atoms with Crippen LogP contribution in [0.3, 0.4) is 0 Å². The van der Waals surface area contributed by atoms with Crippen molar-refractivity contribution >= 4 is 23.0 Å². The van der Waals surface area contributed by atoms with E-state index < -0.39 is 0 Å². The largest absolute Gasteiger partial charge is 0.373 e. The molecule has 2 aromatic heterocycles. The van der Waals surface area contributed by atoms with Crippen LogP contribution in [0.5, 0.6) is 0 Å². The van der Waals surface area contributed by atoms with E-state index in [9.17, 15) is 0 Å². The Kier molecular flexibility index (Phi) is 3.58. The van der Waals surface area contributed by atoms with Crippen molar-refractivity contribution in [2.45, 2.75) is 19.9 Å². The Labute approximate surface area is 105 Å². The molecule has 0 saturated carbocycles. The van der Waals surface area contributed by atoms with Crippen molar-refractivity contribution in [2.75, 3.05) is 17.7 Å². The summed E-state index contributed by atoms with van der Waals surface area (Å²) in [6.45, 7) is 4.14. The average Bonchev–Trinajstić information content (AvgIpc) is 2.85. The van der Waals surface area contributed by atoms with E-state index in [0.717, 1.165) is 17.2 Å². The highest BCUT2D eigenvalue weighted by molar-refractivity contribution is 7.07. The molecular formula is C12H16N4S. The minimum absolute atomic E-state index is 0.250. The van der Waals surface area contributed by atoms with E-state index >= 15 is 0 Å². The maximum Gasteiger partial charge on any atom is 0.134 e. The van der Waals surface area contributed by atoms with E-state index in [1.54, 1.807) is 17.7 Å². The van der Waals surface area contributed by atoms with Gasteiger partial charge in [-0.05, 0) is 36.2 Å². The van der Waals surface area contributed by atoms with Crippen LogP contribution in [0, 0.1) is 6.92 Å². The maximum absolute atomic E-state index is 4.28. The highest BCUT2D eigenvalue weighted by Crippen LogP contribution is 2.24. The monoisotopic (exact) mass is 248 g/mol. The Morgan fingerprint density at radius 3 is 2.71 bits per heavy atom. The first-order chi connectivity index (χ1) is 8.22. The minimum Gasteiger partial charge on any atom is -0.373 e. The minimum atomic E-state index is 0.250. The predicted molar refractivity (Wildman–Crippen MR) is 72.7 cm³/mol. The van der Waals surface area contributed by atoms with Gasteiger partial charge in [-0.15, -0.1) is 0 Å².